The molecule has 1 atom stereocenters. The van der Waals surface area contributed by atoms with E-state index in [0.29, 0.717) is 28.6 Å². The quantitative estimate of drug-likeness (QED) is 0.348. The number of carbonyl (C=O) groups excluding carboxylic acids is 2. The summed E-state index contributed by atoms with van der Waals surface area (Å²) in [6, 6.07) is 31.9. The van der Waals surface area contributed by atoms with Crippen LogP contribution in [0.2, 0.25) is 5.02 Å². The minimum Gasteiger partial charge on any atom is -0.484 e. The maximum absolute atomic E-state index is 13.5. The number of ether oxygens (including phenoxy) is 1. The fourth-order valence-corrected chi connectivity index (χ4v) is 4.75. The molecule has 0 fully saturated rings. The predicted octanol–water partition coefficient (Wildman–Crippen LogP) is 6.15. The van der Waals surface area contributed by atoms with Gasteiger partial charge < -0.3 is 15.0 Å². The summed E-state index contributed by atoms with van der Waals surface area (Å²) in [4.78, 5) is 27.9. The first-order chi connectivity index (χ1) is 17.6. The third-order valence-electron chi connectivity index (χ3n) is 6.22. The smallest absolute Gasteiger partial charge is 0.262 e. The molecule has 0 spiro atoms. The monoisotopic (exact) mass is 496 g/mol. The Balaban J connectivity index is 1.40. The van der Waals surface area contributed by atoms with Crippen LogP contribution in [0, 0.1) is 0 Å². The second kappa shape index (κ2) is 10.7. The highest BCUT2D eigenvalue weighted by molar-refractivity contribution is 6.30. The van der Waals surface area contributed by atoms with E-state index in [1.807, 2.05) is 83.8 Å². The standard InChI is InChI=1S/C30H25ClN2O3/c31-24-12-7-13-25(18-24)32-28(34)20-36-26-15-14-21-16-17-33(30(35)23-10-5-2-6-11-23)29(27(21)19-26)22-8-3-1-4-9-22/h1-15,18-19,29H,16-17,20H2,(H,32,34)/t29-/m0/s1. The minimum absolute atomic E-state index is 0.0117. The van der Waals surface area contributed by atoms with Gasteiger partial charge in [0.2, 0.25) is 0 Å². The van der Waals surface area contributed by atoms with E-state index in [0.717, 1.165) is 23.1 Å². The Bertz CT molecular complexity index is 1380. The fraction of sp³-hybridized carbons (Fsp3) is 0.133. The lowest BCUT2D eigenvalue weighted by atomic mass is 9.87. The molecule has 0 bridgehead atoms. The molecule has 6 heteroatoms. The first-order valence-electron chi connectivity index (χ1n) is 11.8. The number of benzene rings is 4. The molecule has 5 nitrogen and oxygen atoms in total. The van der Waals surface area contributed by atoms with E-state index >= 15 is 0 Å². The van der Waals surface area contributed by atoms with E-state index in [-0.39, 0.29) is 24.5 Å². The van der Waals surface area contributed by atoms with Gasteiger partial charge in [0.25, 0.3) is 11.8 Å². The van der Waals surface area contributed by atoms with Crippen LogP contribution in [0.25, 0.3) is 0 Å². The summed E-state index contributed by atoms with van der Waals surface area (Å²) in [5.41, 5.74) is 4.47. The van der Waals surface area contributed by atoms with Crippen molar-refractivity contribution in [1.82, 2.24) is 4.90 Å². The molecule has 0 saturated heterocycles. The van der Waals surface area contributed by atoms with Crippen LogP contribution in [0.4, 0.5) is 5.69 Å². The van der Waals surface area contributed by atoms with Crippen LogP contribution in [0.15, 0.2) is 103 Å². The van der Waals surface area contributed by atoms with Gasteiger partial charge in [-0.2, -0.15) is 0 Å². The molecule has 1 heterocycles. The van der Waals surface area contributed by atoms with Gasteiger partial charge in [-0.15, -0.1) is 0 Å². The average Bonchev–Trinajstić information content (AvgIpc) is 2.91. The van der Waals surface area contributed by atoms with Crippen molar-refractivity contribution in [3.63, 3.8) is 0 Å². The van der Waals surface area contributed by atoms with Crippen LogP contribution in [0.3, 0.4) is 0 Å². The molecule has 1 aliphatic heterocycles. The van der Waals surface area contributed by atoms with E-state index in [9.17, 15) is 9.59 Å². The van der Waals surface area contributed by atoms with Crippen LogP contribution in [-0.4, -0.2) is 29.9 Å². The largest absolute Gasteiger partial charge is 0.484 e. The summed E-state index contributed by atoms with van der Waals surface area (Å²) in [7, 11) is 0. The van der Waals surface area contributed by atoms with Gasteiger partial charge in [0.15, 0.2) is 6.61 Å². The number of hydrogen-bond acceptors (Lipinski definition) is 3. The van der Waals surface area contributed by atoms with E-state index in [2.05, 4.69) is 5.32 Å². The highest BCUT2D eigenvalue weighted by Crippen LogP contribution is 2.38. The highest BCUT2D eigenvalue weighted by atomic mass is 35.5. The Hall–Kier alpha value is -4.09. The van der Waals surface area contributed by atoms with Gasteiger partial charge in [0, 0.05) is 22.8 Å². The molecule has 36 heavy (non-hydrogen) atoms. The van der Waals surface area contributed by atoms with Gasteiger partial charge >= 0.3 is 0 Å². The van der Waals surface area contributed by atoms with Crippen molar-refractivity contribution in [3.05, 3.63) is 130 Å². The minimum atomic E-state index is -0.282. The second-order valence-corrected chi connectivity index (χ2v) is 9.07. The predicted molar refractivity (Wildman–Crippen MR) is 141 cm³/mol. The van der Waals surface area contributed by atoms with Crippen molar-refractivity contribution < 1.29 is 14.3 Å². The Labute approximate surface area is 215 Å². The number of halogens is 1. The maximum atomic E-state index is 13.5. The summed E-state index contributed by atoms with van der Waals surface area (Å²) in [5, 5.41) is 3.34. The number of anilines is 1. The van der Waals surface area contributed by atoms with Crippen molar-refractivity contribution in [3.8, 4) is 5.75 Å². The molecule has 2 amide bonds. The molecule has 0 radical (unpaired) electrons. The zero-order chi connectivity index (χ0) is 24.9. The topological polar surface area (TPSA) is 58.6 Å². The lowest BCUT2D eigenvalue weighted by Gasteiger charge is -2.38. The summed E-state index contributed by atoms with van der Waals surface area (Å²) in [5.74, 6) is 0.280. The summed E-state index contributed by atoms with van der Waals surface area (Å²) < 4.78 is 5.85. The van der Waals surface area contributed by atoms with Gasteiger partial charge in [-0.3, -0.25) is 9.59 Å². The molecule has 1 N–H and O–H groups in total. The third-order valence-corrected chi connectivity index (χ3v) is 6.46. The van der Waals surface area contributed by atoms with Crippen LogP contribution >= 0.6 is 11.6 Å². The van der Waals surface area contributed by atoms with Crippen molar-refractivity contribution in [2.24, 2.45) is 0 Å². The molecule has 0 unspecified atom stereocenters. The van der Waals surface area contributed by atoms with Gasteiger partial charge in [0.05, 0.1) is 6.04 Å². The molecular formula is C30H25ClN2O3. The Kier molecular flexibility index (Phi) is 7.01. The van der Waals surface area contributed by atoms with Crippen LogP contribution in [-0.2, 0) is 11.2 Å². The molecule has 0 aromatic heterocycles. The lowest BCUT2D eigenvalue weighted by Crippen LogP contribution is -2.40. The number of nitrogens with one attached hydrogen (secondary N) is 1. The molecule has 5 rings (SSSR count). The van der Waals surface area contributed by atoms with Crippen LogP contribution < -0.4 is 10.1 Å². The zero-order valence-electron chi connectivity index (χ0n) is 19.6. The summed E-state index contributed by atoms with van der Waals surface area (Å²) >= 11 is 6.00. The molecule has 180 valence electrons. The van der Waals surface area contributed by atoms with E-state index < -0.39 is 0 Å². The SMILES string of the molecule is O=C(COc1ccc2c(c1)[C@H](c1ccccc1)N(C(=O)c1ccccc1)CC2)Nc1cccc(Cl)c1. The fourth-order valence-electron chi connectivity index (χ4n) is 4.56. The van der Waals surface area contributed by atoms with Crippen molar-refractivity contribution in [2.45, 2.75) is 12.5 Å². The van der Waals surface area contributed by atoms with E-state index in [4.69, 9.17) is 16.3 Å². The van der Waals surface area contributed by atoms with Crippen molar-refractivity contribution >= 4 is 29.1 Å². The molecule has 0 aliphatic carbocycles. The highest BCUT2D eigenvalue weighted by Gasteiger charge is 2.32. The summed E-state index contributed by atoms with van der Waals surface area (Å²) in [6.45, 7) is 0.469. The number of hydrogen-bond donors (Lipinski definition) is 1. The number of fused-ring (bicyclic) bond motifs is 1. The van der Waals surface area contributed by atoms with E-state index in [1.54, 1.807) is 24.3 Å². The Morgan fingerprint density at radius 2 is 1.64 bits per heavy atom. The van der Waals surface area contributed by atoms with Gasteiger partial charge in [-0.05, 0) is 65.6 Å². The van der Waals surface area contributed by atoms with Crippen molar-refractivity contribution in [1.29, 1.82) is 0 Å². The van der Waals surface area contributed by atoms with Gasteiger partial charge in [0.1, 0.15) is 5.75 Å². The van der Waals surface area contributed by atoms with E-state index in [1.165, 1.54) is 0 Å². The van der Waals surface area contributed by atoms with Gasteiger partial charge in [-0.1, -0.05) is 72.3 Å². The molecule has 4 aromatic carbocycles. The number of amides is 2. The first-order valence-corrected chi connectivity index (χ1v) is 12.2. The number of nitrogens with zero attached hydrogens (tertiary/aromatic N) is 1. The lowest BCUT2D eigenvalue weighted by molar-refractivity contribution is -0.118. The molecule has 0 saturated carbocycles. The van der Waals surface area contributed by atoms with Crippen molar-refractivity contribution in [2.75, 3.05) is 18.5 Å². The third kappa shape index (κ3) is 5.26. The summed E-state index contributed by atoms with van der Waals surface area (Å²) in [6.07, 6.45) is 0.743. The molecule has 1 aliphatic rings. The Morgan fingerprint density at radius 1 is 0.889 bits per heavy atom. The molecule has 4 aromatic rings. The maximum Gasteiger partial charge on any atom is 0.262 e. The first kappa shape index (κ1) is 23.6. The van der Waals surface area contributed by atoms with Gasteiger partial charge in [-0.25, -0.2) is 0 Å². The Morgan fingerprint density at radius 3 is 2.39 bits per heavy atom. The number of carbonyl (C=O) groups is 2. The average molecular weight is 497 g/mol. The van der Waals surface area contributed by atoms with Crippen LogP contribution in [0.5, 0.6) is 5.75 Å². The van der Waals surface area contributed by atoms with Crippen LogP contribution in [0.1, 0.15) is 33.1 Å². The second-order valence-electron chi connectivity index (χ2n) is 8.64. The normalized spacial score (nSPS) is 14.6. The molecular weight excluding hydrogens is 472 g/mol. The zero-order valence-corrected chi connectivity index (χ0v) is 20.3. The number of rotatable bonds is 6.